The topological polar surface area (TPSA) is 112 Å². The van der Waals surface area contributed by atoms with E-state index in [0.717, 1.165) is 19.4 Å². The molecule has 2 aliphatic heterocycles. The minimum Gasteiger partial charge on any atom is -0.495 e. The maximum atomic E-state index is 11.8. The Morgan fingerprint density at radius 1 is 1.26 bits per heavy atom. The van der Waals surface area contributed by atoms with Crippen molar-refractivity contribution in [2.24, 2.45) is 0 Å². The van der Waals surface area contributed by atoms with E-state index in [1.165, 1.54) is 20.3 Å². The zero-order valence-corrected chi connectivity index (χ0v) is 23.1. The second-order valence-corrected chi connectivity index (χ2v) is 9.78. The number of carbonyl (C=O) groups is 1. The molecule has 2 aliphatic rings. The van der Waals surface area contributed by atoms with E-state index in [2.05, 4.69) is 32.1 Å². The van der Waals surface area contributed by atoms with Gasteiger partial charge in [-0.3, -0.25) is 9.69 Å². The van der Waals surface area contributed by atoms with Crippen LogP contribution in [0.1, 0.15) is 24.0 Å². The van der Waals surface area contributed by atoms with Crippen molar-refractivity contribution in [1.82, 2.24) is 20.2 Å². The summed E-state index contributed by atoms with van der Waals surface area (Å²) in [5.74, 6) is 1.58. The minimum absolute atomic E-state index is 0.0448. The lowest BCUT2D eigenvalue weighted by Gasteiger charge is -2.38. The van der Waals surface area contributed by atoms with Crippen LogP contribution in [0.5, 0.6) is 11.5 Å². The molecule has 10 nitrogen and oxygen atoms in total. The molecule has 4 rings (SSSR count). The number of aliphatic hydroxyl groups is 1. The van der Waals surface area contributed by atoms with Gasteiger partial charge in [-0.2, -0.15) is 4.98 Å². The van der Waals surface area contributed by atoms with Gasteiger partial charge in [-0.25, -0.2) is 4.98 Å². The van der Waals surface area contributed by atoms with Crippen molar-refractivity contribution in [2.75, 3.05) is 57.7 Å². The third-order valence-corrected chi connectivity index (χ3v) is 7.48. The fourth-order valence-corrected chi connectivity index (χ4v) is 5.53. The number of aliphatic hydroxyl groups excluding tert-OH is 1. The molecule has 1 saturated heterocycles. The van der Waals surface area contributed by atoms with E-state index in [1.54, 1.807) is 30.3 Å². The Morgan fingerprint density at radius 2 is 1.97 bits per heavy atom. The van der Waals surface area contributed by atoms with E-state index in [4.69, 9.17) is 32.7 Å². The molecular weight excluding hydrogens is 531 g/mol. The molecule has 3 N–H and O–H groups in total. The predicted octanol–water partition coefficient (Wildman–Crippen LogP) is 3.29. The molecule has 0 saturated carbocycles. The Kier molecular flexibility index (Phi) is 8.99. The summed E-state index contributed by atoms with van der Waals surface area (Å²) in [6.07, 6.45) is 5.50. The number of likely N-dealkylation sites (tertiary alicyclic amines) is 1. The van der Waals surface area contributed by atoms with E-state index in [-0.39, 0.29) is 22.0 Å². The lowest BCUT2D eigenvalue weighted by atomic mass is 9.96. The number of halogens is 2. The fourth-order valence-electron chi connectivity index (χ4n) is 4.81. The molecule has 1 aromatic carbocycles. The number of methoxy groups -OCH3 is 2. The van der Waals surface area contributed by atoms with Crippen molar-refractivity contribution >= 4 is 52.5 Å². The number of carbonyl (C=O) groups excluding carboxylic acids is 1. The van der Waals surface area contributed by atoms with Gasteiger partial charge in [-0.05, 0) is 31.5 Å². The molecule has 0 radical (unpaired) electrons. The summed E-state index contributed by atoms with van der Waals surface area (Å²) in [6.45, 7) is 6.20. The fraction of sp³-hybridized carbons (Fsp3) is 0.423. The van der Waals surface area contributed by atoms with Gasteiger partial charge in [0, 0.05) is 61.7 Å². The number of fused-ring (bicyclic) bond motifs is 1. The average Bonchev–Trinajstić information content (AvgIpc) is 2.93. The molecule has 0 bridgehead atoms. The van der Waals surface area contributed by atoms with Crippen molar-refractivity contribution in [3.63, 3.8) is 0 Å². The summed E-state index contributed by atoms with van der Waals surface area (Å²) in [7, 11) is 4.74. The third kappa shape index (κ3) is 5.68. The largest absolute Gasteiger partial charge is 0.495 e. The van der Waals surface area contributed by atoms with Crippen LogP contribution in [0.2, 0.25) is 10.0 Å². The van der Waals surface area contributed by atoms with E-state index in [9.17, 15) is 9.90 Å². The molecule has 2 atom stereocenters. The molecule has 1 aromatic heterocycles. The van der Waals surface area contributed by atoms with Crippen LogP contribution in [0, 0.1) is 0 Å². The average molecular weight is 563 g/mol. The molecule has 3 heterocycles. The molecular formula is C26H32Cl2N6O4. The van der Waals surface area contributed by atoms with Crippen LogP contribution >= 0.6 is 23.2 Å². The summed E-state index contributed by atoms with van der Waals surface area (Å²) in [4.78, 5) is 24.8. The van der Waals surface area contributed by atoms with Crippen molar-refractivity contribution < 1.29 is 19.4 Å². The highest BCUT2D eigenvalue weighted by Crippen LogP contribution is 2.47. The number of benzene rings is 1. The second kappa shape index (κ2) is 12.2. The third-order valence-electron chi connectivity index (χ3n) is 6.73. The van der Waals surface area contributed by atoms with Crippen molar-refractivity contribution in [3.05, 3.63) is 46.1 Å². The number of hydrogen-bond donors (Lipinski definition) is 3. The molecule has 2 unspecified atom stereocenters. The quantitative estimate of drug-likeness (QED) is 0.396. The molecule has 1 fully saturated rings. The van der Waals surface area contributed by atoms with Gasteiger partial charge in [0.05, 0.1) is 24.3 Å². The first-order chi connectivity index (χ1) is 18.3. The highest BCUT2D eigenvalue weighted by Gasteiger charge is 2.34. The van der Waals surface area contributed by atoms with Crippen molar-refractivity contribution in [3.8, 4) is 11.5 Å². The molecule has 1 amide bonds. The molecule has 2 aromatic rings. The molecule has 12 heteroatoms. The van der Waals surface area contributed by atoms with E-state index in [1.807, 2.05) is 0 Å². The summed E-state index contributed by atoms with van der Waals surface area (Å²) in [5, 5.41) is 18.2. The number of nitrogens with one attached hydrogen (secondary N) is 2. The Morgan fingerprint density at radius 3 is 2.61 bits per heavy atom. The first kappa shape index (κ1) is 28.0. The van der Waals surface area contributed by atoms with Crippen LogP contribution in [-0.2, 0) is 4.79 Å². The predicted molar refractivity (Wildman–Crippen MR) is 150 cm³/mol. The Labute approximate surface area is 232 Å². The van der Waals surface area contributed by atoms with Gasteiger partial charge in [0.15, 0.2) is 6.23 Å². The maximum absolute atomic E-state index is 11.8. The highest BCUT2D eigenvalue weighted by molar-refractivity contribution is 6.40. The Bertz CT molecular complexity index is 1210. The van der Waals surface area contributed by atoms with Crippen molar-refractivity contribution in [2.45, 2.75) is 25.1 Å². The van der Waals surface area contributed by atoms with Gasteiger partial charge in [0.2, 0.25) is 11.9 Å². The number of hydrogen-bond acceptors (Lipinski definition) is 9. The number of piperidine rings is 1. The minimum atomic E-state index is -1.12. The van der Waals surface area contributed by atoms with Gasteiger partial charge in [0.1, 0.15) is 17.3 Å². The summed E-state index contributed by atoms with van der Waals surface area (Å²) in [5.41, 5.74) is 1.59. The summed E-state index contributed by atoms with van der Waals surface area (Å²) < 4.78 is 10.9. The lowest BCUT2D eigenvalue weighted by molar-refractivity contribution is -0.117. The monoisotopic (exact) mass is 562 g/mol. The molecule has 204 valence electrons. The number of rotatable bonds is 9. The molecule has 38 heavy (non-hydrogen) atoms. The number of nitrogens with zero attached hydrogens (tertiary/aromatic N) is 4. The van der Waals surface area contributed by atoms with Crippen molar-refractivity contribution in [1.29, 1.82) is 0 Å². The maximum Gasteiger partial charge on any atom is 0.243 e. The van der Waals surface area contributed by atoms with Gasteiger partial charge < -0.3 is 30.1 Å². The van der Waals surface area contributed by atoms with E-state index >= 15 is 0 Å². The van der Waals surface area contributed by atoms with Crippen LogP contribution < -0.4 is 25.0 Å². The number of anilines is 2. The normalized spacial score (nSPS) is 19.3. The number of ether oxygens (including phenoxy) is 2. The van der Waals surface area contributed by atoms with Crippen LogP contribution in [0.4, 0.5) is 11.8 Å². The van der Waals surface area contributed by atoms with Gasteiger partial charge in [-0.1, -0.05) is 29.8 Å². The smallest absolute Gasteiger partial charge is 0.243 e. The summed E-state index contributed by atoms with van der Waals surface area (Å²) >= 11 is 13.4. The zero-order valence-electron chi connectivity index (χ0n) is 21.6. The lowest BCUT2D eigenvalue weighted by Crippen LogP contribution is -2.50. The van der Waals surface area contributed by atoms with Crippen LogP contribution in [-0.4, -0.2) is 85.6 Å². The van der Waals surface area contributed by atoms with Gasteiger partial charge in [0.25, 0.3) is 0 Å². The van der Waals surface area contributed by atoms with E-state index in [0.29, 0.717) is 59.6 Å². The van der Waals surface area contributed by atoms with Crippen LogP contribution in [0.3, 0.4) is 0 Å². The number of aromatic nitrogens is 2. The van der Waals surface area contributed by atoms with Crippen LogP contribution in [0.25, 0.3) is 11.6 Å². The second-order valence-electron chi connectivity index (χ2n) is 9.03. The number of amides is 1. The first-order valence-corrected chi connectivity index (χ1v) is 13.0. The summed E-state index contributed by atoms with van der Waals surface area (Å²) in [6, 6.07) is 1.65. The van der Waals surface area contributed by atoms with Gasteiger partial charge >= 0.3 is 0 Å². The van der Waals surface area contributed by atoms with Gasteiger partial charge in [-0.15, -0.1) is 0 Å². The van der Waals surface area contributed by atoms with E-state index < -0.39 is 6.23 Å². The standard InChI is InChI=1S/C26H32Cl2N6O4/c1-5-20(35)31-16-7-6-8-33(14-16)9-10-34-24-15(13-30-26(29-2)32-24)11-17(25(34)36)21-22(27)18(37-3)12-19(38-4)23(21)28/h5,11-13,16,25,36H,1,6-10,14H2,2-4H3,(H,31,35)(H,29,30,32). The van der Waals surface area contributed by atoms with Crippen LogP contribution in [0.15, 0.2) is 24.9 Å². The molecule has 0 aliphatic carbocycles. The highest BCUT2D eigenvalue weighted by atomic mass is 35.5. The first-order valence-electron chi connectivity index (χ1n) is 12.3. The molecule has 0 spiro atoms. The SMILES string of the molecule is C=CC(=O)NC1CCCN(CCN2c3nc(NC)ncc3C=C(c3c(Cl)c(OC)cc(OC)c3Cl)C2O)C1. The zero-order chi connectivity index (χ0) is 27.4. The Balaban J connectivity index is 1.68. The Hall–Kier alpha value is -3.05.